The summed E-state index contributed by atoms with van der Waals surface area (Å²) < 4.78 is 0. The number of rotatable bonds is 4. The molecule has 2 rings (SSSR count). The van der Waals surface area contributed by atoms with Gasteiger partial charge in [-0.05, 0) is 37.0 Å². The number of carbonyl (C=O) groups excluding carboxylic acids is 1. The number of aliphatic carboxylic acids is 1. The van der Waals surface area contributed by atoms with Gasteiger partial charge in [-0.25, -0.2) is 0 Å². The second-order valence-corrected chi connectivity index (χ2v) is 5.67. The third-order valence-corrected chi connectivity index (χ3v) is 4.47. The van der Waals surface area contributed by atoms with Gasteiger partial charge >= 0.3 is 5.97 Å². The summed E-state index contributed by atoms with van der Waals surface area (Å²) in [7, 11) is 0. The lowest BCUT2D eigenvalue weighted by atomic mass is 9.76. The van der Waals surface area contributed by atoms with Crippen LogP contribution in [0.3, 0.4) is 0 Å². The van der Waals surface area contributed by atoms with Crippen molar-refractivity contribution in [2.45, 2.75) is 32.6 Å². The first-order chi connectivity index (χ1) is 9.97. The topological polar surface area (TPSA) is 77.8 Å². The lowest BCUT2D eigenvalue weighted by Gasteiger charge is -2.38. The first-order valence-electron chi connectivity index (χ1n) is 7.26. The standard InChI is InChI=1S/C16H21NO4/c1-2-16(15(20)21)6-8-17(9-7-16)14(19)11-12-4-3-5-13(18)10-12/h3-5,10,18H,2,6-9,11H2,1H3,(H,20,21). The normalized spacial score (nSPS) is 17.5. The van der Waals surface area contributed by atoms with E-state index in [0.717, 1.165) is 5.56 Å². The molecule has 1 aliphatic heterocycles. The maximum atomic E-state index is 12.2. The fourth-order valence-corrected chi connectivity index (χ4v) is 2.86. The molecule has 0 saturated carbocycles. The van der Waals surface area contributed by atoms with Crippen molar-refractivity contribution in [1.29, 1.82) is 0 Å². The minimum atomic E-state index is -0.759. The van der Waals surface area contributed by atoms with Crippen molar-refractivity contribution in [3.8, 4) is 5.75 Å². The van der Waals surface area contributed by atoms with Gasteiger partial charge in [-0.3, -0.25) is 9.59 Å². The molecule has 0 unspecified atom stereocenters. The van der Waals surface area contributed by atoms with Crippen LogP contribution >= 0.6 is 0 Å². The third-order valence-electron chi connectivity index (χ3n) is 4.47. The second-order valence-electron chi connectivity index (χ2n) is 5.67. The summed E-state index contributed by atoms with van der Waals surface area (Å²) in [5.41, 5.74) is 0.0903. The predicted molar refractivity (Wildman–Crippen MR) is 78.0 cm³/mol. The number of carbonyl (C=O) groups is 2. The number of nitrogens with zero attached hydrogens (tertiary/aromatic N) is 1. The molecule has 21 heavy (non-hydrogen) atoms. The molecule has 1 aromatic carbocycles. The van der Waals surface area contributed by atoms with Crippen LogP contribution in [0.1, 0.15) is 31.7 Å². The van der Waals surface area contributed by atoms with E-state index in [0.29, 0.717) is 32.4 Å². The quantitative estimate of drug-likeness (QED) is 0.890. The highest BCUT2D eigenvalue weighted by Gasteiger charge is 2.40. The van der Waals surface area contributed by atoms with Gasteiger partial charge < -0.3 is 15.1 Å². The number of aromatic hydroxyl groups is 1. The van der Waals surface area contributed by atoms with E-state index in [9.17, 15) is 19.8 Å². The Morgan fingerprint density at radius 3 is 2.48 bits per heavy atom. The van der Waals surface area contributed by atoms with Gasteiger partial charge in [-0.15, -0.1) is 0 Å². The van der Waals surface area contributed by atoms with Gasteiger partial charge in [0.25, 0.3) is 0 Å². The lowest BCUT2D eigenvalue weighted by molar-refractivity contribution is -0.154. The molecule has 0 spiro atoms. The number of amides is 1. The van der Waals surface area contributed by atoms with Crippen LogP contribution in [0.5, 0.6) is 5.75 Å². The van der Waals surface area contributed by atoms with Crippen LogP contribution in [0, 0.1) is 5.41 Å². The fraction of sp³-hybridized carbons (Fsp3) is 0.500. The zero-order valence-electron chi connectivity index (χ0n) is 12.2. The zero-order valence-corrected chi connectivity index (χ0v) is 12.2. The number of phenolic OH excluding ortho intramolecular Hbond substituents is 1. The van der Waals surface area contributed by atoms with E-state index in [1.165, 1.54) is 0 Å². The number of carboxylic acid groups (broad SMARTS) is 1. The Bertz CT molecular complexity index is 533. The number of piperidine rings is 1. The number of phenols is 1. The molecule has 0 atom stereocenters. The molecule has 0 bridgehead atoms. The number of carboxylic acids is 1. The molecule has 0 radical (unpaired) electrons. The maximum Gasteiger partial charge on any atom is 0.309 e. The fourth-order valence-electron chi connectivity index (χ4n) is 2.86. The third kappa shape index (κ3) is 3.35. The molecule has 5 nitrogen and oxygen atoms in total. The van der Waals surface area contributed by atoms with Crippen molar-refractivity contribution in [2.24, 2.45) is 5.41 Å². The van der Waals surface area contributed by atoms with Gasteiger partial charge in [0, 0.05) is 13.1 Å². The summed E-state index contributed by atoms with van der Waals surface area (Å²) in [5.74, 6) is -0.629. The summed E-state index contributed by atoms with van der Waals surface area (Å²) in [6.07, 6.45) is 1.84. The minimum absolute atomic E-state index is 0.0179. The Hall–Kier alpha value is -2.04. The van der Waals surface area contributed by atoms with E-state index in [-0.39, 0.29) is 18.1 Å². The van der Waals surface area contributed by atoms with E-state index in [2.05, 4.69) is 0 Å². The maximum absolute atomic E-state index is 12.2. The van der Waals surface area contributed by atoms with Crippen LogP contribution in [-0.2, 0) is 16.0 Å². The van der Waals surface area contributed by atoms with E-state index in [4.69, 9.17) is 0 Å². The van der Waals surface area contributed by atoms with Crippen LogP contribution in [0.25, 0.3) is 0 Å². The van der Waals surface area contributed by atoms with Gasteiger partial charge in [0.15, 0.2) is 0 Å². The summed E-state index contributed by atoms with van der Waals surface area (Å²) in [6.45, 7) is 2.86. The van der Waals surface area contributed by atoms with E-state index in [1.54, 1.807) is 29.2 Å². The summed E-state index contributed by atoms with van der Waals surface area (Å²) in [6, 6.07) is 6.66. The largest absolute Gasteiger partial charge is 0.508 e. The molecule has 1 saturated heterocycles. The molecule has 0 aromatic heterocycles. The van der Waals surface area contributed by atoms with Crippen molar-refractivity contribution < 1.29 is 19.8 Å². The highest BCUT2D eigenvalue weighted by molar-refractivity contribution is 5.80. The van der Waals surface area contributed by atoms with Crippen molar-refractivity contribution in [3.05, 3.63) is 29.8 Å². The average Bonchev–Trinajstić information content (AvgIpc) is 2.47. The van der Waals surface area contributed by atoms with Crippen LogP contribution in [0.4, 0.5) is 0 Å². The van der Waals surface area contributed by atoms with Crippen molar-refractivity contribution in [1.82, 2.24) is 4.90 Å². The minimum Gasteiger partial charge on any atom is -0.508 e. The molecule has 1 aromatic rings. The number of hydrogen-bond donors (Lipinski definition) is 2. The highest BCUT2D eigenvalue weighted by atomic mass is 16.4. The van der Waals surface area contributed by atoms with Gasteiger partial charge in [-0.1, -0.05) is 19.1 Å². The average molecular weight is 291 g/mol. The molecule has 1 aliphatic rings. The molecule has 1 heterocycles. The first kappa shape index (κ1) is 15.4. The Morgan fingerprint density at radius 2 is 1.95 bits per heavy atom. The number of hydrogen-bond acceptors (Lipinski definition) is 3. The zero-order chi connectivity index (χ0) is 15.5. The number of benzene rings is 1. The van der Waals surface area contributed by atoms with Gasteiger partial charge in [0.2, 0.25) is 5.91 Å². The molecular formula is C16H21NO4. The summed E-state index contributed by atoms with van der Waals surface area (Å²) in [5, 5.41) is 18.8. The Morgan fingerprint density at radius 1 is 1.29 bits per heavy atom. The van der Waals surface area contributed by atoms with Gasteiger partial charge in [0.1, 0.15) is 5.75 Å². The molecule has 1 amide bonds. The molecule has 5 heteroatoms. The molecule has 114 valence electrons. The lowest BCUT2D eigenvalue weighted by Crippen LogP contribution is -2.46. The van der Waals surface area contributed by atoms with Gasteiger partial charge in [0.05, 0.1) is 11.8 Å². The van der Waals surface area contributed by atoms with Crippen LogP contribution in [0.2, 0.25) is 0 Å². The Balaban J connectivity index is 1.96. The van der Waals surface area contributed by atoms with Crippen molar-refractivity contribution >= 4 is 11.9 Å². The Kier molecular flexibility index (Phi) is 4.50. The van der Waals surface area contributed by atoms with Crippen LogP contribution in [0.15, 0.2) is 24.3 Å². The molecule has 1 fully saturated rings. The van der Waals surface area contributed by atoms with E-state index in [1.807, 2.05) is 6.92 Å². The first-order valence-corrected chi connectivity index (χ1v) is 7.26. The predicted octanol–water partition coefficient (Wildman–Crippen LogP) is 2.04. The SMILES string of the molecule is CCC1(C(=O)O)CCN(C(=O)Cc2cccc(O)c2)CC1. The summed E-state index contributed by atoms with van der Waals surface area (Å²) >= 11 is 0. The van der Waals surface area contributed by atoms with Gasteiger partial charge in [-0.2, -0.15) is 0 Å². The van der Waals surface area contributed by atoms with Crippen LogP contribution < -0.4 is 0 Å². The Labute approximate surface area is 124 Å². The summed E-state index contributed by atoms with van der Waals surface area (Å²) in [4.78, 5) is 25.3. The second kappa shape index (κ2) is 6.16. The van der Waals surface area contributed by atoms with E-state index >= 15 is 0 Å². The molecule has 0 aliphatic carbocycles. The monoisotopic (exact) mass is 291 g/mol. The molecular weight excluding hydrogens is 270 g/mol. The number of likely N-dealkylation sites (tertiary alicyclic amines) is 1. The van der Waals surface area contributed by atoms with Crippen molar-refractivity contribution in [2.75, 3.05) is 13.1 Å². The smallest absolute Gasteiger partial charge is 0.309 e. The van der Waals surface area contributed by atoms with E-state index < -0.39 is 11.4 Å². The van der Waals surface area contributed by atoms with Crippen molar-refractivity contribution in [3.63, 3.8) is 0 Å². The highest BCUT2D eigenvalue weighted by Crippen LogP contribution is 2.35. The van der Waals surface area contributed by atoms with Crippen LogP contribution in [-0.4, -0.2) is 40.1 Å². The molecule has 2 N–H and O–H groups in total.